The quantitative estimate of drug-likeness (QED) is 0.158. The summed E-state index contributed by atoms with van der Waals surface area (Å²) in [6.07, 6.45) is 19.2. The number of carbonyl (C=O) groups is 1. The van der Waals surface area contributed by atoms with E-state index in [2.05, 4.69) is 73.4 Å². The highest BCUT2D eigenvalue weighted by Gasteiger charge is 2.63. The van der Waals surface area contributed by atoms with Crippen molar-refractivity contribution in [3.8, 4) is 0 Å². The maximum atomic E-state index is 11.4. The molecule has 0 aromatic carbocycles. The van der Waals surface area contributed by atoms with Crippen molar-refractivity contribution in [2.24, 2.45) is 39.4 Å². The number of fused-ring (bicyclic) bond motifs is 4. The van der Waals surface area contributed by atoms with Gasteiger partial charge in [-0.3, -0.25) is 4.79 Å². The maximum absolute atomic E-state index is 11.4. The molecule has 0 aromatic rings. The number of hydrogen-bond acceptors (Lipinski definition) is 2. The summed E-state index contributed by atoms with van der Waals surface area (Å²) in [4.78, 5) is 11.4. The van der Waals surface area contributed by atoms with Gasteiger partial charge >= 0.3 is 0 Å². The van der Waals surface area contributed by atoms with Crippen LogP contribution in [0, 0.1) is 39.4 Å². The van der Waals surface area contributed by atoms with E-state index in [0.717, 1.165) is 31.3 Å². The van der Waals surface area contributed by atoms with E-state index in [-0.39, 0.29) is 11.3 Å². The average molecular weight is 552 g/mol. The minimum atomic E-state index is -0.0846. The second-order valence-electron chi connectivity index (χ2n) is 15.6. The molecule has 40 heavy (non-hydrogen) atoms. The van der Waals surface area contributed by atoms with E-state index in [1.54, 1.807) is 0 Å². The van der Waals surface area contributed by atoms with E-state index in [0.29, 0.717) is 34.8 Å². The first-order chi connectivity index (χ1) is 18.8. The Morgan fingerprint density at radius 3 is 2.48 bits per heavy atom. The van der Waals surface area contributed by atoms with Crippen LogP contribution in [0.3, 0.4) is 0 Å². The highest BCUT2D eigenvalue weighted by molar-refractivity contribution is 5.86. The minimum Gasteiger partial charge on any atom is -0.378 e. The normalized spacial score (nSPS) is 37.1. The number of hydrogen-bond donors (Lipinski definition) is 1. The molecule has 0 saturated heterocycles. The molecule has 4 aliphatic rings. The Bertz CT molecular complexity index is 1000. The number of unbranched alkanes of at least 4 members (excludes halogenated alkanes) is 1. The molecule has 1 N–H and O–H groups in total. The van der Waals surface area contributed by atoms with Gasteiger partial charge in [0.05, 0.1) is 6.10 Å². The van der Waals surface area contributed by atoms with E-state index in [1.165, 1.54) is 75.9 Å². The predicted octanol–water partition coefficient (Wildman–Crippen LogP) is 9.59. The second-order valence-corrected chi connectivity index (χ2v) is 15.6. The standard InChI is InChI=1S/C37H61NO2/c1-10-33(39)38-24-11-12-25-40-32-20-21-35(7)29-19-23-36(8)28(27(4)15-13-14-26(2)3)18-22-37(36,9)30(29)16-17-31(35)34(32,5)6/h10,14,27-28,31-32H,1,11-13,15-25H2,2-9H3,(H,38,39)/t27-,28-,31?,32?,35-,36-,37+/m1/s1. The molecule has 2 fully saturated rings. The molecule has 226 valence electrons. The monoisotopic (exact) mass is 551 g/mol. The first-order valence-corrected chi connectivity index (χ1v) is 16.7. The van der Waals surface area contributed by atoms with E-state index in [9.17, 15) is 4.79 Å². The van der Waals surface area contributed by atoms with Crippen molar-refractivity contribution in [2.75, 3.05) is 13.2 Å². The Hall–Kier alpha value is -1.35. The molecule has 0 spiro atoms. The van der Waals surface area contributed by atoms with Crippen molar-refractivity contribution in [2.45, 2.75) is 139 Å². The number of carbonyl (C=O) groups excluding carboxylic acids is 1. The van der Waals surface area contributed by atoms with Gasteiger partial charge < -0.3 is 10.1 Å². The van der Waals surface area contributed by atoms with Gasteiger partial charge in [0, 0.05) is 13.2 Å². The van der Waals surface area contributed by atoms with Gasteiger partial charge in [0.2, 0.25) is 5.91 Å². The lowest BCUT2D eigenvalue weighted by atomic mass is 9.43. The zero-order chi connectivity index (χ0) is 29.3. The smallest absolute Gasteiger partial charge is 0.243 e. The maximum Gasteiger partial charge on any atom is 0.243 e. The summed E-state index contributed by atoms with van der Waals surface area (Å²) in [5.74, 6) is 2.27. The number of rotatable bonds is 11. The fourth-order valence-corrected chi connectivity index (χ4v) is 10.5. The van der Waals surface area contributed by atoms with Crippen LogP contribution >= 0.6 is 0 Å². The molecule has 4 rings (SSSR count). The van der Waals surface area contributed by atoms with Crippen molar-refractivity contribution < 1.29 is 9.53 Å². The third kappa shape index (κ3) is 5.55. The lowest BCUT2D eigenvalue weighted by Crippen LogP contribution is -2.55. The predicted molar refractivity (Wildman–Crippen MR) is 169 cm³/mol. The van der Waals surface area contributed by atoms with Crippen LogP contribution in [-0.2, 0) is 9.53 Å². The zero-order valence-corrected chi connectivity index (χ0v) is 27.4. The van der Waals surface area contributed by atoms with Gasteiger partial charge in [0.25, 0.3) is 0 Å². The number of nitrogens with one attached hydrogen (secondary N) is 1. The fraction of sp³-hybridized carbons (Fsp3) is 0.811. The highest BCUT2D eigenvalue weighted by Crippen LogP contribution is 2.72. The average Bonchev–Trinajstić information content (AvgIpc) is 3.17. The molecule has 7 atom stereocenters. The SMILES string of the molecule is C=CC(=O)NCCCCOC1CC[C@]2(C)C3=C(CCC2C1(C)C)[C@]1(C)CC[C@H]([C@H](C)CCC=C(C)C)[C@@]1(C)CC3. The van der Waals surface area contributed by atoms with Crippen molar-refractivity contribution in [3.63, 3.8) is 0 Å². The summed E-state index contributed by atoms with van der Waals surface area (Å²) >= 11 is 0. The van der Waals surface area contributed by atoms with Crippen LogP contribution in [0.25, 0.3) is 0 Å². The molecule has 2 unspecified atom stereocenters. The van der Waals surface area contributed by atoms with Gasteiger partial charge in [-0.15, -0.1) is 0 Å². The lowest BCUT2D eigenvalue weighted by Gasteiger charge is -2.62. The number of ether oxygens (including phenoxy) is 1. The molecular weight excluding hydrogens is 490 g/mol. The first kappa shape index (κ1) is 31.6. The van der Waals surface area contributed by atoms with Crippen molar-refractivity contribution in [1.29, 1.82) is 0 Å². The Morgan fingerprint density at radius 1 is 1.02 bits per heavy atom. The number of amides is 1. The van der Waals surface area contributed by atoms with Crippen LogP contribution in [0.2, 0.25) is 0 Å². The van der Waals surface area contributed by atoms with E-state index >= 15 is 0 Å². The summed E-state index contributed by atoms with van der Waals surface area (Å²) in [6.45, 7) is 25.1. The van der Waals surface area contributed by atoms with Crippen molar-refractivity contribution in [3.05, 3.63) is 35.5 Å². The van der Waals surface area contributed by atoms with Gasteiger partial charge in [0.1, 0.15) is 0 Å². The molecule has 1 amide bonds. The topological polar surface area (TPSA) is 38.3 Å². The largest absolute Gasteiger partial charge is 0.378 e. The van der Waals surface area contributed by atoms with Crippen LogP contribution in [0.4, 0.5) is 0 Å². The van der Waals surface area contributed by atoms with E-state index in [1.807, 2.05) is 11.1 Å². The third-order valence-electron chi connectivity index (χ3n) is 13.0. The summed E-state index contributed by atoms with van der Waals surface area (Å²) in [5.41, 5.74) is 6.57. The van der Waals surface area contributed by atoms with Crippen LogP contribution < -0.4 is 5.32 Å². The number of allylic oxidation sites excluding steroid dienone is 4. The lowest BCUT2D eigenvalue weighted by molar-refractivity contribution is -0.126. The molecule has 0 heterocycles. The zero-order valence-electron chi connectivity index (χ0n) is 27.4. The minimum absolute atomic E-state index is 0.0846. The van der Waals surface area contributed by atoms with Crippen molar-refractivity contribution >= 4 is 5.91 Å². The Balaban J connectivity index is 1.45. The van der Waals surface area contributed by atoms with E-state index in [4.69, 9.17) is 4.74 Å². The molecule has 0 radical (unpaired) electrons. The Morgan fingerprint density at radius 2 is 1.77 bits per heavy atom. The molecule has 2 saturated carbocycles. The van der Waals surface area contributed by atoms with Gasteiger partial charge in [-0.1, -0.05) is 70.9 Å². The fourth-order valence-electron chi connectivity index (χ4n) is 10.5. The molecule has 0 bridgehead atoms. The summed E-state index contributed by atoms with van der Waals surface area (Å²) in [7, 11) is 0. The van der Waals surface area contributed by atoms with Gasteiger partial charge in [-0.2, -0.15) is 0 Å². The van der Waals surface area contributed by atoms with Crippen LogP contribution in [0.1, 0.15) is 132 Å². The molecule has 4 aliphatic carbocycles. The molecule has 0 aliphatic heterocycles. The molecule has 3 heteroatoms. The molecule has 3 nitrogen and oxygen atoms in total. The van der Waals surface area contributed by atoms with Gasteiger partial charge in [-0.05, 0) is 136 Å². The summed E-state index contributed by atoms with van der Waals surface area (Å²) < 4.78 is 6.60. The van der Waals surface area contributed by atoms with Crippen LogP contribution in [0.5, 0.6) is 0 Å². The Kier molecular flexibility index (Phi) is 9.55. The van der Waals surface area contributed by atoms with Gasteiger partial charge in [0.15, 0.2) is 0 Å². The second kappa shape index (κ2) is 12.1. The first-order valence-electron chi connectivity index (χ1n) is 16.7. The molecule has 0 aromatic heterocycles. The van der Waals surface area contributed by atoms with E-state index < -0.39 is 0 Å². The third-order valence-corrected chi connectivity index (χ3v) is 13.0. The summed E-state index contributed by atoms with van der Waals surface area (Å²) in [5, 5.41) is 2.88. The highest BCUT2D eigenvalue weighted by atomic mass is 16.5. The van der Waals surface area contributed by atoms with Crippen LogP contribution in [-0.4, -0.2) is 25.2 Å². The summed E-state index contributed by atoms with van der Waals surface area (Å²) in [6, 6.07) is 0. The molecular formula is C37H61NO2. The Labute approximate surface area is 247 Å². The van der Waals surface area contributed by atoms with Crippen LogP contribution in [0.15, 0.2) is 35.5 Å². The van der Waals surface area contributed by atoms with Gasteiger partial charge in [-0.25, -0.2) is 0 Å². The van der Waals surface area contributed by atoms with Crippen molar-refractivity contribution in [1.82, 2.24) is 5.32 Å².